The van der Waals surface area contributed by atoms with E-state index in [9.17, 15) is 13.2 Å². The third-order valence-electron chi connectivity index (χ3n) is 5.91. The fourth-order valence-electron chi connectivity index (χ4n) is 3.96. The molecule has 0 bridgehead atoms. The van der Waals surface area contributed by atoms with Gasteiger partial charge in [-0.3, -0.25) is 4.79 Å². The molecular weight excluding hydrogens is 527 g/mol. The van der Waals surface area contributed by atoms with Crippen LogP contribution in [0, 0.1) is 0 Å². The first-order valence-corrected chi connectivity index (χ1v) is 14.3. The summed E-state index contributed by atoms with van der Waals surface area (Å²) in [5, 5.41) is 2.83. The maximum absolute atomic E-state index is 13.9. The molecule has 0 aliphatic carbocycles. The largest absolute Gasteiger partial charge is 0.379 e. The molecule has 6 nitrogen and oxygen atoms in total. The third kappa shape index (κ3) is 6.25. The van der Waals surface area contributed by atoms with Crippen molar-refractivity contribution in [2.75, 3.05) is 26.3 Å². The lowest BCUT2D eigenvalue weighted by atomic mass is 10.1. The number of rotatable bonds is 8. The van der Waals surface area contributed by atoms with Gasteiger partial charge < -0.3 is 9.64 Å². The van der Waals surface area contributed by atoms with E-state index in [0.29, 0.717) is 31.2 Å². The molecular formula is C25H26Cl2N2O4S2. The molecule has 0 unspecified atom stereocenters. The van der Waals surface area contributed by atoms with Crippen molar-refractivity contribution < 1.29 is 17.9 Å². The Labute approximate surface area is 220 Å². The van der Waals surface area contributed by atoms with E-state index in [4.69, 9.17) is 27.9 Å². The predicted octanol–water partition coefficient (Wildman–Crippen LogP) is 5.35. The number of amides is 1. The number of hydrogen-bond acceptors (Lipinski definition) is 5. The average molecular weight is 554 g/mol. The minimum atomic E-state index is -3.77. The van der Waals surface area contributed by atoms with Crippen LogP contribution in [0.25, 0.3) is 0 Å². The standard InChI is InChI=1S/C25H26Cl2N2O4S2/c1-18(15-21-3-2-14-34-21)29(17-19-4-6-20(26)7-5-19)25(30)23-16-22(8-9-24(23)27)35(31,32)28-10-12-33-13-11-28/h2-9,14,16,18H,10-13,15,17H2,1H3/t18-/m1/s1. The molecule has 1 amide bonds. The summed E-state index contributed by atoms with van der Waals surface area (Å²) >= 11 is 14.1. The zero-order chi connectivity index (χ0) is 25.0. The maximum Gasteiger partial charge on any atom is 0.255 e. The van der Waals surface area contributed by atoms with Crippen LogP contribution in [-0.2, 0) is 27.7 Å². The average Bonchev–Trinajstić information content (AvgIpc) is 3.37. The lowest BCUT2D eigenvalue weighted by Crippen LogP contribution is -2.41. The van der Waals surface area contributed by atoms with Gasteiger partial charge in [0.2, 0.25) is 10.0 Å². The molecule has 2 aromatic carbocycles. The van der Waals surface area contributed by atoms with Crippen molar-refractivity contribution in [1.82, 2.24) is 9.21 Å². The summed E-state index contributed by atoms with van der Waals surface area (Å²) in [5.41, 5.74) is 1.07. The van der Waals surface area contributed by atoms with Gasteiger partial charge in [0, 0.05) is 42.0 Å². The molecule has 1 aromatic heterocycles. The molecule has 10 heteroatoms. The zero-order valence-electron chi connectivity index (χ0n) is 19.2. The monoisotopic (exact) mass is 552 g/mol. The van der Waals surface area contributed by atoms with E-state index in [2.05, 4.69) is 0 Å². The Morgan fingerprint density at radius 2 is 1.83 bits per heavy atom. The Balaban J connectivity index is 1.67. The number of thiophene rings is 1. The van der Waals surface area contributed by atoms with E-state index in [1.807, 2.05) is 36.6 Å². The lowest BCUT2D eigenvalue weighted by molar-refractivity contribution is 0.0675. The second kappa shape index (κ2) is 11.4. The van der Waals surface area contributed by atoms with Crippen molar-refractivity contribution in [3.63, 3.8) is 0 Å². The van der Waals surface area contributed by atoms with Gasteiger partial charge in [-0.05, 0) is 54.3 Å². The number of ether oxygens (including phenoxy) is 1. The van der Waals surface area contributed by atoms with Crippen molar-refractivity contribution in [2.45, 2.75) is 30.8 Å². The topological polar surface area (TPSA) is 66.9 Å². The first-order chi connectivity index (χ1) is 16.8. The van der Waals surface area contributed by atoms with Crippen LogP contribution in [0.15, 0.2) is 64.9 Å². The Kier molecular flexibility index (Phi) is 8.52. The summed E-state index contributed by atoms with van der Waals surface area (Å²) in [6, 6.07) is 15.5. The van der Waals surface area contributed by atoms with Gasteiger partial charge in [0.1, 0.15) is 0 Å². The minimum Gasteiger partial charge on any atom is -0.379 e. The number of carbonyl (C=O) groups excluding carboxylic acids is 1. The third-order valence-corrected chi connectivity index (χ3v) is 9.29. The fraction of sp³-hybridized carbons (Fsp3) is 0.320. The number of carbonyl (C=O) groups is 1. The SMILES string of the molecule is C[C@H](Cc1cccs1)N(Cc1ccc(Cl)cc1)C(=O)c1cc(S(=O)(=O)N2CCOCC2)ccc1Cl. The molecule has 186 valence electrons. The summed E-state index contributed by atoms with van der Waals surface area (Å²) in [6.07, 6.45) is 0.667. The summed E-state index contributed by atoms with van der Waals surface area (Å²) in [4.78, 5) is 16.8. The molecule has 1 saturated heterocycles. The summed E-state index contributed by atoms with van der Waals surface area (Å²) in [6.45, 7) is 3.54. The first-order valence-electron chi connectivity index (χ1n) is 11.2. The van der Waals surface area contributed by atoms with Crippen LogP contribution in [0.1, 0.15) is 27.7 Å². The first kappa shape index (κ1) is 26.1. The predicted molar refractivity (Wildman–Crippen MR) is 140 cm³/mol. The molecule has 0 spiro atoms. The number of benzene rings is 2. The van der Waals surface area contributed by atoms with E-state index in [0.717, 1.165) is 10.4 Å². The van der Waals surface area contributed by atoms with Gasteiger partial charge in [-0.25, -0.2) is 8.42 Å². The molecule has 1 fully saturated rings. The molecule has 4 rings (SSSR count). The number of sulfonamides is 1. The van der Waals surface area contributed by atoms with Crippen molar-refractivity contribution in [2.24, 2.45) is 0 Å². The van der Waals surface area contributed by atoms with Gasteiger partial charge in [0.05, 0.1) is 28.7 Å². The highest BCUT2D eigenvalue weighted by Crippen LogP contribution is 2.27. The quantitative estimate of drug-likeness (QED) is 0.377. The van der Waals surface area contributed by atoms with Crippen molar-refractivity contribution >= 4 is 50.5 Å². The highest BCUT2D eigenvalue weighted by Gasteiger charge is 2.30. The van der Waals surface area contributed by atoms with E-state index in [1.165, 1.54) is 22.5 Å². The smallest absolute Gasteiger partial charge is 0.255 e. The van der Waals surface area contributed by atoms with Gasteiger partial charge in [-0.1, -0.05) is 41.4 Å². The van der Waals surface area contributed by atoms with E-state index in [1.54, 1.807) is 28.4 Å². The van der Waals surface area contributed by atoms with E-state index in [-0.39, 0.29) is 40.5 Å². The van der Waals surface area contributed by atoms with Crippen molar-refractivity contribution in [1.29, 1.82) is 0 Å². The molecule has 1 atom stereocenters. The molecule has 1 aliphatic heterocycles. The highest BCUT2D eigenvalue weighted by molar-refractivity contribution is 7.89. The summed E-state index contributed by atoms with van der Waals surface area (Å²) in [5.74, 6) is -0.326. The van der Waals surface area contributed by atoms with Crippen LogP contribution in [0.3, 0.4) is 0 Å². The molecule has 0 saturated carbocycles. The lowest BCUT2D eigenvalue weighted by Gasteiger charge is -2.30. The van der Waals surface area contributed by atoms with Crippen LogP contribution in [0.2, 0.25) is 10.0 Å². The Morgan fingerprint density at radius 3 is 2.49 bits per heavy atom. The molecule has 1 aliphatic rings. The van der Waals surface area contributed by atoms with Crippen molar-refractivity contribution in [3.8, 4) is 0 Å². The van der Waals surface area contributed by atoms with Crippen LogP contribution in [0.4, 0.5) is 0 Å². The van der Waals surface area contributed by atoms with Gasteiger partial charge in [-0.15, -0.1) is 11.3 Å². The fourth-order valence-corrected chi connectivity index (χ4v) is 6.55. The summed E-state index contributed by atoms with van der Waals surface area (Å²) in [7, 11) is -3.77. The van der Waals surface area contributed by atoms with Gasteiger partial charge >= 0.3 is 0 Å². The molecule has 2 heterocycles. The Hall–Kier alpha value is -1.94. The molecule has 0 radical (unpaired) electrons. The Bertz CT molecular complexity index is 1260. The normalized spacial score (nSPS) is 15.6. The zero-order valence-corrected chi connectivity index (χ0v) is 22.3. The summed E-state index contributed by atoms with van der Waals surface area (Å²) < 4.78 is 33.1. The van der Waals surface area contributed by atoms with E-state index >= 15 is 0 Å². The van der Waals surface area contributed by atoms with E-state index < -0.39 is 10.0 Å². The number of halogens is 2. The Morgan fingerprint density at radius 1 is 1.11 bits per heavy atom. The molecule has 3 aromatic rings. The van der Waals surface area contributed by atoms with Crippen LogP contribution in [-0.4, -0.2) is 55.9 Å². The van der Waals surface area contributed by atoms with Gasteiger partial charge in [-0.2, -0.15) is 4.31 Å². The number of nitrogens with zero attached hydrogens (tertiary/aromatic N) is 2. The number of morpholine rings is 1. The van der Waals surface area contributed by atoms with Crippen molar-refractivity contribution in [3.05, 3.63) is 86.0 Å². The molecule has 0 N–H and O–H groups in total. The van der Waals surface area contributed by atoms with Gasteiger partial charge in [0.25, 0.3) is 5.91 Å². The maximum atomic E-state index is 13.9. The minimum absolute atomic E-state index is 0.0458. The van der Waals surface area contributed by atoms with Crippen LogP contribution < -0.4 is 0 Å². The highest BCUT2D eigenvalue weighted by atomic mass is 35.5. The van der Waals surface area contributed by atoms with Gasteiger partial charge in [0.15, 0.2) is 0 Å². The second-order valence-electron chi connectivity index (χ2n) is 8.35. The number of hydrogen-bond donors (Lipinski definition) is 0. The molecule has 35 heavy (non-hydrogen) atoms. The van der Waals surface area contributed by atoms with Crippen LogP contribution >= 0.6 is 34.5 Å². The second-order valence-corrected chi connectivity index (χ2v) is 12.2. The van der Waals surface area contributed by atoms with Crippen LogP contribution in [0.5, 0.6) is 0 Å².